The number of aromatic nitrogens is 2. The summed E-state index contributed by atoms with van der Waals surface area (Å²) in [4.78, 5) is 25.8. The van der Waals surface area contributed by atoms with Crippen molar-refractivity contribution < 1.29 is 9.53 Å². The molecule has 24 heavy (non-hydrogen) atoms. The van der Waals surface area contributed by atoms with Crippen LogP contribution >= 0.6 is 23.1 Å². The second-order valence-electron chi connectivity index (χ2n) is 6.49. The van der Waals surface area contributed by atoms with Crippen LogP contribution in [0, 0.1) is 5.92 Å². The van der Waals surface area contributed by atoms with Crippen molar-refractivity contribution in [3.8, 4) is 0 Å². The lowest BCUT2D eigenvalue weighted by molar-refractivity contribution is -0.132. The van der Waals surface area contributed by atoms with Crippen molar-refractivity contribution in [3.63, 3.8) is 0 Å². The highest BCUT2D eigenvalue weighted by molar-refractivity contribution is 8.00. The van der Waals surface area contributed by atoms with Crippen LogP contribution in [-0.2, 0) is 22.4 Å². The van der Waals surface area contributed by atoms with Gasteiger partial charge in [0.15, 0.2) is 0 Å². The van der Waals surface area contributed by atoms with Crippen molar-refractivity contribution in [1.29, 1.82) is 0 Å². The molecule has 0 saturated carbocycles. The molecule has 0 bridgehead atoms. The maximum atomic E-state index is 12.4. The zero-order valence-corrected chi connectivity index (χ0v) is 15.4. The molecule has 2 aliphatic rings. The van der Waals surface area contributed by atoms with Crippen LogP contribution in [0.4, 0.5) is 0 Å². The van der Waals surface area contributed by atoms with Crippen LogP contribution in [0.5, 0.6) is 0 Å². The highest BCUT2D eigenvalue weighted by atomic mass is 32.2. The molecule has 1 amide bonds. The Bertz CT molecular complexity index is 756. The molecule has 5 nitrogen and oxygen atoms in total. The zero-order valence-electron chi connectivity index (χ0n) is 13.8. The Balaban J connectivity index is 1.55. The van der Waals surface area contributed by atoms with Gasteiger partial charge in [-0.3, -0.25) is 4.79 Å². The first-order valence-electron chi connectivity index (χ1n) is 8.46. The molecule has 1 aliphatic carbocycles. The van der Waals surface area contributed by atoms with Crippen molar-refractivity contribution in [1.82, 2.24) is 14.9 Å². The molecule has 0 spiro atoms. The Morgan fingerprint density at radius 3 is 3.08 bits per heavy atom. The molecule has 2 aromatic heterocycles. The van der Waals surface area contributed by atoms with E-state index in [0.717, 1.165) is 28.6 Å². The molecule has 7 heteroatoms. The lowest BCUT2D eigenvalue weighted by Crippen LogP contribution is -2.41. The van der Waals surface area contributed by atoms with E-state index in [9.17, 15) is 4.79 Å². The minimum Gasteiger partial charge on any atom is -0.378 e. The fraction of sp³-hybridized carbons (Fsp3) is 0.588. The first-order chi connectivity index (χ1) is 11.7. The lowest BCUT2D eigenvalue weighted by atomic mass is 9.89. The maximum absolute atomic E-state index is 12.4. The predicted octanol–water partition coefficient (Wildman–Crippen LogP) is 2.77. The fourth-order valence-corrected chi connectivity index (χ4v) is 5.73. The number of morpholine rings is 1. The van der Waals surface area contributed by atoms with E-state index >= 15 is 0 Å². The Morgan fingerprint density at radius 2 is 2.25 bits per heavy atom. The highest BCUT2D eigenvalue weighted by Crippen LogP contribution is 2.40. The average Bonchev–Trinajstić information content (AvgIpc) is 2.98. The number of carbonyl (C=O) groups excluding carboxylic acids is 1. The van der Waals surface area contributed by atoms with Crippen LogP contribution in [0.25, 0.3) is 10.2 Å². The van der Waals surface area contributed by atoms with E-state index in [0.29, 0.717) is 32.1 Å². The van der Waals surface area contributed by atoms with Gasteiger partial charge in [-0.15, -0.1) is 11.3 Å². The number of hydrogen-bond donors (Lipinski definition) is 0. The zero-order chi connectivity index (χ0) is 16.5. The highest BCUT2D eigenvalue weighted by Gasteiger charge is 2.24. The number of thiophene rings is 1. The fourth-order valence-electron chi connectivity index (χ4n) is 3.39. The van der Waals surface area contributed by atoms with Crippen molar-refractivity contribution >= 4 is 39.2 Å². The molecule has 128 valence electrons. The first kappa shape index (κ1) is 16.3. The molecule has 1 unspecified atom stereocenters. The van der Waals surface area contributed by atoms with E-state index in [2.05, 4.69) is 16.9 Å². The van der Waals surface area contributed by atoms with Crippen molar-refractivity contribution in [3.05, 3.63) is 16.8 Å². The minimum absolute atomic E-state index is 0.174. The molecular weight excluding hydrogens is 342 g/mol. The number of hydrogen-bond acceptors (Lipinski definition) is 6. The molecule has 0 radical (unpaired) electrons. The van der Waals surface area contributed by atoms with E-state index < -0.39 is 0 Å². The first-order valence-corrected chi connectivity index (χ1v) is 10.3. The molecule has 4 rings (SSSR count). The molecule has 1 fully saturated rings. The molecule has 0 aromatic carbocycles. The second kappa shape index (κ2) is 6.98. The van der Waals surface area contributed by atoms with Gasteiger partial charge in [-0.25, -0.2) is 9.97 Å². The molecule has 3 heterocycles. The third-order valence-electron chi connectivity index (χ3n) is 4.75. The third-order valence-corrected chi connectivity index (χ3v) is 6.89. The number of amides is 1. The van der Waals surface area contributed by atoms with Gasteiger partial charge in [-0.2, -0.15) is 0 Å². The summed E-state index contributed by atoms with van der Waals surface area (Å²) in [5.74, 6) is 1.36. The molecular formula is C17H21N3O2S2. The van der Waals surface area contributed by atoms with Crippen LogP contribution < -0.4 is 0 Å². The van der Waals surface area contributed by atoms with E-state index in [1.807, 2.05) is 4.90 Å². The maximum Gasteiger partial charge on any atom is 0.233 e. The van der Waals surface area contributed by atoms with Crippen LogP contribution in [0.15, 0.2) is 11.4 Å². The molecule has 1 saturated heterocycles. The number of ether oxygens (including phenoxy) is 1. The topological polar surface area (TPSA) is 55.3 Å². The molecule has 1 aliphatic heterocycles. The predicted molar refractivity (Wildman–Crippen MR) is 96.7 cm³/mol. The Hall–Kier alpha value is -1.18. The monoisotopic (exact) mass is 363 g/mol. The Morgan fingerprint density at radius 1 is 1.42 bits per heavy atom. The SMILES string of the molecule is CC1CCc2c(sc3ncnc(SCC(=O)N4CCOCC4)c23)C1. The smallest absolute Gasteiger partial charge is 0.233 e. The van der Waals surface area contributed by atoms with E-state index in [1.54, 1.807) is 29.4 Å². The van der Waals surface area contributed by atoms with Crippen LogP contribution in [0.1, 0.15) is 23.8 Å². The van der Waals surface area contributed by atoms with Crippen molar-refractivity contribution in [2.45, 2.75) is 31.2 Å². The Labute approximate surface area is 149 Å². The number of nitrogens with zero attached hydrogens (tertiary/aromatic N) is 3. The van der Waals surface area contributed by atoms with Gasteiger partial charge in [0.25, 0.3) is 0 Å². The summed E-state index contributed by atoms with van der Waals surface area (Å²) < 4.78 is 5.31. The van der Waals surface area contributed by atoms with Crippen molar-refractivity contribution in [2.75, 3.05) is 32.1 Å². The minimum atomic E-state index is 0.174. The summed E-state index contributed by atoms with van der Waals surface area (Å²) in [5, 5.41) is 2.16. The van der Waals surface area contributed by atoms with Gasteiger partial charge in [0.2, 0.25) is 5.91 Å². The second-order valence-corrected chi connectivity index (χ2v) is 8.54. The number of fused-ring (bicyclic) bond motifs is 3. The average molecular weight is 364 g/mol. The van der Waals surface area contributed by atoms with E-state index in [1.165, 1.54) is 22.2 Å². The number of thioether (sulfide) groups is 1. The summed E-state index contributed by atoms with van der Waals surface area (Å²) in [6, 6.07) is 0. The van der Waals surface area contributed by atoms with Gasteiger partial charge in [0.1, 0.15) is 16.2 Å². The summed E-state index contributed by atoms with van der Waals surface area (Å²) in [7, 11) is 0. The quantitative estimate of drug-likeness (QED) is 0.620. The molecule has 0 N–H and O–H groups in total. The summed E-state index contributed by atoms with van der Waals surface area (Å²) in [6.45, 7) is 5.00. The van der Waals surface area contributed by atoms with E-state index in [4.69, 9.17) is 4.74 Å². The summed E-state index contributed by atoms with van der Waals surface area (Å²) in [6.07, 6.45) is 5.11. The number of rotatable bonds is 3. The van der Waals surface area contributed by atoms with Gasteiger partial charge in [0, 0.05) is 23.4 Å². The summed E-state index contributed by atoms with van der Waals surface area (Å²) in [5.41, 5.74) is 1.43. The largest absolute Gasteiger partial charge is 0.378 e. The van der Waals surface area contributed by atoms with Gasteiger partial charge in [-0.1, -0.05) is 18.7 Å². The van der Waals surface area contributed by atoms with Crippen LogP contribution in [0.3, 0.4) is 0 Å². The van der Waals surface area contributed by atoms with Crippen molar-refractivity contribution in [2.24, 2.45) is 5.92 Å². The summed E-state index contributed by atoms with van der Waals surface area (Å²) >= 11 is 3.36. The van der Waals surface area contributed by atoms with E-state index in [-0.39, 0.29) is 5.91 Å². The third kappa shape index (κ3) is 3.17. The number of aryl methyl sites for hydroxylation is 1. The lowest BCUT2D eigenvalue weighted by Gasteiger charge is -2.26. The van der Waals surface area contributed by atoms with Gasteiger partial charge in [0.05, 0.1) is 19.0 Å². The van der Waals surface area contributed by atoms with Gasteiger partial charge in [-0.05, 0) is 30.7 Å². The number of carbonyl (C=O) groups is 1. The standard InChI is InChI=1S/C17H21N3O2S2/c1-11-2-3-12-13(8-11)24-17-15(12)16(18-10-19-17)23-9-14(21)20-4-6-22-7-5-20/h10-11H,2-9H2,1H3. The van der Waals surface area contributed by atoms with Crippen LogP contribution in [-0.4, -0.2) is 52.8 Å². The molecule has 1 atom stereocenters. The Kier molecular flexibility index (Phi) is 4.74. The van der Waals surface area contributed by atoms with Gasteiger partial charge >= 0.3 is 0 Å². The normalized spacial score (nSPS) is 21.0. The van der Waals surface area contributed by atoms with Gasteiger partial charge < -0.3 is 9.64 Å². The molecule has 2 aromatic rings. The van der Waals surface area contributed by atoms with Crippen LogP contribution in [0.2, 0.25) is 0 Å².